The molecule has 0 N–H and O–H groups in total. The Morgan fingerprint density at radius 2 is 1.93 bits per heavy atom. The zero-order valence-electron chi connectivity index (χ0n) is 8.04. The van der Waals surface area contributed by atoms with E-state index in [4.69, 9.17) is 0 Å². The summed E-state index contributed by atoms with van der Waals surface area (Å²) >= 11 is 0. The van der Waals surface area contributed by atoms with Gasteiger partial charge in [0.1, 0.15) is 0 Å². The van der Waals surface area contributed by atoms with Crippen molar-refractivity contribution in [2.45, 2.75) is 0 Å². The van der Waals surface area contributed by atoms with Gasteiger partial charge in [0.25, 0.3) is 0 Å². The van der Waals surface area contributed by atoms with Crippen molar-refractivity contribution < 1.29 is 0 Å². The predicted molar refractivity (Wildman–Crippen MR) is 58.9 cm³/mol. The summed E-state index contributed by atoms with van der Waals surface area (Å²) in [5.41, 5.74) is 3.16. The molecule has 0 aliphatic rings. The Bertz CT molecular complexity index is 584. The number of rotatable bonds is 1. The summed E-state index contributed by atoms with van der Waals surface area (Å²) in [5.74, 6) is 0. The van der Waals surface area contributed by atoms with Crippen LogP contribution in [0.2, 0.25) is 0 Å². The molecule has 3 rings (SSSR count). The summed E-state index contributed by atoms with van der Waals surface area (Å²) in [6, 6.07) is 9.95. The zero-order valence-corrected chi connectivity index (χ0v) is 8.04. The van der Waals surface area contributed by atoms with Crippen LogP contribution in [0, 0.1) is 0 Å². The fourth-order valence-electron chi connectivity index (χ4n) is 1.69. The van der Waals surface area contributed by atoms with Gasteiger partial charge in [-0.1, -0.05) is 0 Å². The van der Waals surface area contributed by atoms with Gasteiger partial charge in [0.05, 0.1) is 22.9 Å². The molecular weight excluding hydrogens is 186 g/mol. The van der Waals surface area contributed by atoms with Crippen molar-refractivity contribution in [1.82, 2.24) is 14.5 Å². The van der Waals surface area contributed by atoms with Gasteiger partial charge in [-0.15, -0.1) is 0 Å². The number of pyridine rings is 2. The minimum atomic E-state index is 1.00. The second-order valence-electron chi connectivity index (χ2n) is 3.30. The van der Waals surface area contributed by atoms with Gasteiger partial charge in [0.2, 0.25) is 0 Å². The number of hydrogen-bond acceptors (Lipinski definition) is 2. The molecule has 0 aromatic carbocycles. The minimum absolute atomic E-state index is 1.00. The van der Waals surface area contributed by atoms with Crippen LogP contribution in [0.1, 0.15) is 0 Å². The summed E-state index contributed by atoms with van der Waals surface area (Å²) in [5, 5.41) is 0. The summed E-state index contributed by atoms with van der Waals surface area (Å²) in [6.45, 7) is 0. The second kappa shape index (κ2) is 3.20. The third-order valence-electron chi connectivity index (χ3n) is 2.38. The highest BCUT2D eigenvalue weighted by molar-refractivity contribution is 5.77. The third kappa shape index (κ3) is 1.29. The van der Waals surface area contributed by atoms with E-state index in [2.05, 4.69) is 20.6 Å². The minimum Gasteiger partial charge on any atom is -0.313 e. The molecule has 0 saturated heterocycles. The first-order valence-corrected chi connectivity index (χ1v) is 4.77. The summed E-state index contributed by atoms with van der Waals surface area (Å²) in [6.07, 6.45) is 7.42. The van der Waals surface area contributed by atoms with E-state index in [-0.39, 0.29) is 0 Å². The first-order valence-electron chi connectivity index (χ1n) is 4.77. The van der Waals surface area contributed by atoms with Crippen molar-refractivity contribution in [2.75, 3.05) is 0 Å². The molecule has 0 unspecified atom stereocenters. The monoisotopic (exact) mass is 195 g/mol. The highest BCUT2D eigenvalue weighted by Crippen LogP contribution is 2.17. The zero-order chi connectivity index (χ0) is 10.1. The van der Waals surface area contributed by atoms with Gasteiger partial charge in [-0.05, 0) is 30.3 Å². The van der Waals surface area contributed by atoms with Crippen LogP contribution in [-0.4, -0.2) is 14.5 Å². The van der Waals surface area contributed by atoms with E-state index in [0.29, 0.717) is 0 Å². The quantitative estimate of drug-likeness (QED) is 0.597. The van der Waals surface area contributed by atoms with Crippen molar-refractivity contribution in [2.24, 2.45) is 0 Å². The maximum atomic E-state index is 4.29. The average Bonchev–Trinajstić information content (AvgIpc) is 2.74. The lowest BCUT2D eigenvalue weighted by Crippen LogP contribution is -1.91. The number of nitrogens with zero attached hydrogens (tertiary/aromatic N) is 3. The SMILES string of the molecule is c1cncc(-n2ccc3ncccc32)c1. The first kappa shape index (κ1) is 8.17. The Morgan fingerprint density at radius 1 is 1.00 bits per heavy atom. The molecule has 3 aromatic rings. The lowest BCUT2D eigenvalue weighted by molar-refractivity contribution is 1.10. The highest BCUT2D eigenvalue weighted by atomic mass is 15.0. The average molecular weight is 195 g/mol. The lowest BCUT2D eigenvalue weighted by atomic mass is 10.3. The maximum absolute atomic E-state index is 4.29. The fourth-order valence-corrected chi connectivity index (χ4v) is 1.69. The summed E-state index contributed by atoms with van der Waals surface area (Å²) in [7, 11) is 0. The Hall–Kier alpha value is -2.16. The molecule has 3 heterocycles. The second-order valence-corrected chi connectivity index (χ2v) is 3.30. The number of hydrogen-bond donors (Lipinski definition) is 0. The fraction of sp³-hybridized carbons (Fsp3) is 0. The van der Waals surface area contributed by atoms with Crippen LogP contribution in [0.25, 0.3) is 16.7 Å². The number of aromatic nitrogens is 3. The summed E-state index contributed by atoms with van der Waals surface area (Å²) < 4.78 is 2.08. The van der Waals surface area contributed by atoms with Crippen molar-refractivity contribution in [3.05, 3.63) is 55.1 Å². The third-order valence-corrected chi connectivity index (χ3v) is 2.38. The molecule has 3 nitrogen and oxygen atoms in total. The van der Waals surface area contributed by atoms with Gasteiger partial charge in [0, 0.05) is 18.6 Å². The molecule has 0 amide bonds. The van der Waals surface area contributed by atoms with Crippen LogP contribution in [0.5, 0.6) is 0 Å². The molecule has 0 aliphatic carbocycles. The van der Waals surface area contributed by atoms with Gasteiger partial charge < -0.3 is 4.57 Å². The molecule has 3 heteroatoms. The highest BCUT2D eigenvalue weighted by Gasteiger charge is 2.01. The molecule has 0 aliphatic heterocycles. The molecule has 0 bridgehead atoms. The smallest absolute Gasteiger partial charge is 0.0884 e. The Labute approximate surface area is 87.0 Å². The Kier molecular flexibility index (Phi) is 1.75. The number of fused-ring (bicyclic) bond motifs is 1. The lowest BCUT2D eigenvalue weighted by Gasteiger charge is -2.03. The maximum Gasteiger partial charge on any atom is 0.0884 e. The van der Waals surface area contributed by atoms with Crippen molar-refractivity contribution >= 4 is 11.0 Å². The van der Waals surface area contributed by atoms with Gasteiger partial charge in [-0.25, -0.2) is 0 Å². The standard InChI is InChI=1S/C12H9N3/c1-3-10(9-13-6-1)15-8-5-11-12(15)4-2-7-14-11/h1-9H. The summed E-state index contributed by atoms with van der Waals surface area (Å²) in [4.78, 5) is 8.39. The van der Waals surface area contributed by atoms with Crippen LogP contribution in [0.15, 0.2) is 55.1 Å². The van der Waals surface area contributed by atoms with E-state index in [0.717, 1.165) is 16.7 Å². The molecule has 0 saturated carbocycles. The van der Waals surface area contributed by atoms with Crippen LogP contribution >= 0.6 is 0 Å². The molecule has 0 fully saturated rings. The van der Waals surface area contributed by atoms with E-state index in [9.17, 15) is 0 Å². The van der Waals surface area contributed by atoms with E-state index >= 15 is 0 Å². The van der Waals surface area contributed by atoms with Crippen LogP contribution in [-0.2, 0) is 0 Å². The molecule has 15 heavy (non-hydrogen) atoms. The Balaban J connectivity index is 2.28. The molecule has 0 radical (unpaired) electrons. The van der Waals surface area contributed by atoms with Crippen LogP contribution in [0.4, 0.5) is 0 Å². The predicted octanol–water partition coefficient (Wildman–Crippen LogP) is 2.42. The van der Waals surface area contributed by atoms with Gasteiger partial charge >= 0.3 is 0 Å². The molecule has 0 atom stereocenters. The van der Waals surface area contributed by atoms with E-state index in [1.165, 1.54) is 0 Å². The topological polar surface area (TPSA) is 30.7 Å². The van der Waals surface area contributed by atoms with E-state index in [1.54, 1.807) is 12.4 Å². The molecule has 0 spiro atoms. The first-order chi connectivity index (χ1) is 7.45. The van der Waals surface area contributed by atoms with Crippen molar-refractivity contribution in [3.63, 3.8) is 0 Å². The van der Waals surface area contributed by atoms with Crippen LogP contribution < -0.4 is 0 Å². The van der Waals surface area contributed by atoms with Crippen molar-refractivity contribution in [3.8, 4) is 5.69 Å². The normalized spacial score (nSPS) is 10.7. The van der Waals surface area contributed by atoms with Gasteiger partial charge in [-0.3, -0.25) is 9.97 Å². The van der Waals surface area contributed by atoms with E-state index in [1.807, 2.05) is 36.7 Å². The van der Waals surface area contributed by atoms with Gasteiger partial charge in [-0.2, -0.15) is 0 Å². The van der Waals surface area contributed by atoms with Gasteiger partial charge in [0.15, 0.2) is 0 Å². The van der Waals surface area contributed by atoms with Crippen LogP contribution in [0.3, 0.4) is 0 Å². The molecule has 3 aromatic heterocycles. The largest absolute Gasteiger partial charge is 0.313 e. The Morgan fingerprint density at radius 3 is 2.80 bits per heavy atom. The van der Waals surface area contributed by atoms with Crippen molar-refractivity contribution in [1.29, 1.82) is 0 Å². The van der Waals surface area contributed by atoms with E-state index < -0.39 is 0 Å². The molecular formula is C12H9N3. The molecule has 72 valence electrons.